The summed E-state index contributed by atoms with van der Waals surface area (Å²) in [6, 6.07) is 3.06. The third kappa shape index (κ3) is 2.13. The Morgan fingerprint density at radius 3 is 2.94 bits per heavy atom. The van der Waals surface area contributed by atoms with E-state index < -0.39 is 0 Å². The van der Waals surface area contributed by atoms with Gasteiger partial charge in [0.25, 0.3) is 11.5 Å². The Kier molecular flexibility index (Phi) is 3.03. The second kappa shape index (κ2) is 4.47. The Hall–Kier alpha value is -1.65. The Morgan fingerprint density at radius 2 is 2.31 bits per heavy atom. The molecule has 1 amide bonds. The van der Waals surface area contributed by atoms with Gasteiger partial charge in [-0.1, -0.05) is 0 Å². The van der Waals surface area contributed by atoms with Gasteiger partial charge in [0.05, 0.1) is 0 Å². The predicted molar refractivity (Wildman–Crippen MR) is 59.2 cm³/mol. The average molecular weight is 221 g/mol. The third-order valence-corrected chi connectivity index (χ3v) is 2.96. The molecule has 1 saturated heterocycles. The van der Waals surface area contributed by atoms with Gasteiger partial charge in [0.2, 0.25) is 0 Å². The second-order valence-corrected chi connectivity index (χ2v) is 4.15. The molecule has 1 N–H and O–H groups in total. The molecule has 0 aromatic carbocycles. The van der Waals surface area contributed by atoms with Gasteiger partial charge in [-0.25, -0.2) is 5.10 Å². The first-order valence-electron chi connectivity index (χ1n) is 5.55. The van der Waals surface area contributed by atoms with Gasteiger partial charge in [-0.15, -0.1) is 0 Å². The van der Waals surface area contributed by atoms with Crippen molar-refractivity contribution in [3.05, 3.63) is 28.2 Å². The first-order valence-corrected chi connectivity index (χ1v) is 5.55. The molecule has 2 rings (SSSR count). The van der Waals surface area contributed by atoms with Crippen LogP contribution in [0.2, 0.25) is 0 Å². The molecule has 5 heteroatoms. The normalized spacial score (nSPS) is 20.8. The predicted octanol–water partition coefficient (Wildman–Crippen LogP) is 0.784. The number of hydrogen-bond acceptors (Lipinski definition) is 3. The molecular weight excluding hydrogens is 206 g/mol. The van der Waals surface area contributed by atoms with Crippen LogP contribution in [0, 0.1) is 0 Å². The smallest absolute Gasteiger partial charge is 0.274 e. The zero-order valence-electron chi connectivity index (χ0n) is 9.27. The number of hydrogen-bond donors (Lipinski definition) is 1. The molecule has 1 fully saturated rings. The van der Waals surface area contributed by atoms with E-state index in [0.29, 0.717) is 5.69 Å². The van der Waals surface area contributed by atoms with Gasteiger partial charge < -0.3 is 4.90 Å². The maximum Gasteiger partial charge on any atom is 0.274 e. The lowest BCUT2D eigenvalue weighted by Gasteiger charge is -2.32. The van der Waals surface area contributed by atoms with Gasteiger partial charge in [-0.05, 0) is 32.3 Å². The second-order valence-electron chi connectivity index (χ2n) is 4.15. The minimum Gasteiger partial charge on any atom is -0.335 e. The van der Waals surface area contributed by atoms with Gasteiger partial charge >= 0.3 is 0 Å². The van der Waals surface area contributed by atoms with Crippen molar-refractivity contribution in [3.8, 4) is 0 Å². The number of aromatic amines is 1. The number of carbonyl (C=O) groups excluding carboxylic acids is 1. The summed E-state index contributed by atoms with van der Waals surface area (Å²) in [6.07, 6.45) is 3.25. The van der Waals surface area contributed by atoms with Crippen LogP contribution in [0.25, 0.3) is 0 Å². The van der Waals surface area contributed by atoms with Crippen molar-refractivity contribution in [3.63, 3.8) is 0 Å². The van der Waals surface area contributed by atoms with Crippen LogP contribution in [0.5, 0.6) is 0 Å². The standard InChI is InChI=1S/C11H15N3O2/c1-8-4-2-3-7-14(8)11(16)9-5-6-10(15)13-12-9/h5-6,8H,2-4,7H2,1H3,(H,13,15)/t8-/m0/s1. The van der Waals surface area contributed by atoms with Gasteiger partial charge in [-0.2, -0.15) is 5.10 Å². The Labute approximate surface area is 93.5 Å². The fraction of sp³-hybridized carbons (Fsp3) is 0.545. The Bertz CT molecular complexity index is 421. The van der Waals surface area contributed by atoms with Gasteiger partial charge in [-0.3, -0.25) is 9.59 Å². The van der Waals surface area contributed by atoms with Crippen molar-refractivity contribution in [1.29, 1.82) is 0 Å². The molecule has 0 spiro atoms. The molecule has 1 aromatic heterocycles. The summed E-state index contributed by atoms with van der Waals surface area (Å²) in [5, 5.41) is 6.04. The number of aromatic nitrogens is 2. The van der Waals surface area contributed by atoms with E-state index in [1.165, 1.54) is 18.6 Å². The van der Waals surface area contributed by atoms with E-state index in [-0.39, 0.29) is 17.5 Å². The van der Waals surface area contributed by atoms with E-state index in [1.807, 2.05) is 11.8 Å². The van der Waals surface area contributed by atoms with Crippen molar-refractivity contribution < 1.29 is 4.79 Å². The summed E-state index contributed by atoms with van der Waals surface area (Å²) in [7, 11) is 0. The summed E-state index contributed by atoms with van der Waals surface area (Å²) >= 11 is 0. The fourth-order valence-corrected chi connectivity index (χ4v) is 2.01. The highest BCUT2D eigenvalue weighted by Crippen LogP contribution is 2.17. The van der Waals surface area contributed by atoms with Crippen LogP contribution in [-0.2, 0) is 0 Å². The SMILES string of the molecule is C[C@H]1CCCCN1C(=O)c1ccc(=O)[nH]n1. The first-order chi connectivity index (χ1) is 7.68. The van der Waals surface area contributed by atoms with E-state index in [9.17, 15) is 9.59 Å². The van der Waals surface area contributed by atoms with Crippen molar-refractivity contribution in [2.75, 3.05) is 6.54 Å². The lowest BCUT2D eigenvalue weighted by molar-refractivity contribution is 0.0628. The zero-order valence-corrected chi connectivity index (χ0v) is 9.27. The number of likely N-dealkylation sites (tertiary alicyclic amines) is 1. The maximum absolute atomic E-state index is 12.1. The van der Waals surface area contributed by atoms with E-state index in [2.05, 4.69) is 10.2 Å². The van der Waals surface area contributed by atoms with Crippen LogP contribution in [-0.4, -0.2) is 33.6 Å². The molecule has 1 aromatic rings. The van der Waals surface area contributed by atoms with Crippen LogP contribution >= 0.6 is 0 Å². The number of piperidine rings is 1. The van der Waals surface area contributed by atoms with E-state index in [4.69, 9.17) is 0 Å². The van der Waals surface area contributed by atoms with Crippen LogP contribution in [0.3, 0.4) is 0 Å². The van der Waals surface area contributed by atoms with E-state index >= 15 is 0 Å². The van der Waals surface area contributed by atoms with Crippen LogP contribution in [0.1, 0.15) is 36.7 Å². The van der Waals surface area contributed by atoms with Crippen molar-refractivity contribution in [2.45, 2.75) is 32.2 Å². The molecule has 1 aliphatic heterocycles. The molecule has 5 nitrogen and oxygen atoms in total. The number of nitrogens with one attached hydrogen (secondary N) is 1. The van der Waals surface area contributed by atoms with Crippen molar-refractivity contribution >= 4 is 5.91 Å². The van der Waals surface area contributed by atoms with Crippen molar-refractivity contribution in [1.82, 2.24) is 15.1 Å². The summed E-state index contributed by atoms with van der Waals surface area (Å²) in [6.45, 7) is 2.82. The van der Waals surface area contributed by atoms with E-state index in [0.717, 1.165) is 19.4 Å². The highest BCUT2D eigenvalue weighted by atomic mass is 16.2. The molecule has 1 atom stereocenters. The maximum atomic E-state index is 12.1. The largest absolute Gasteiger partial charge is 0.335 e. The van der Waals surface area contributed by atoms with Crippen LogP contribution in [0.15, 0.2) is 16.9 Å². The number of amides is 1. The van der Waals surface area contributed by atoms with Crippen molar-refractivity contribution in [2.24, 2.45) is 0 Å². The zero-order chi connectivity index (χ0) is 11.5. The molecule has 86 valence electrons. The molecule has 0 radical (unpaired) electrons. The molecule has 0 aliphatic carbocycles. The number of rotatable bonds is 1. The Balaban J connectivity index is 2.17. The lowest BCUT2D eigenvalue weighted by atomic mass is 10.0. The number of H-pyrrole nitrogens is 1. The fourth-order valence-electron chi connectivity index (χ4n) is 2.01. The molecule has 0 saturated carbocycles. The highest BCUT2D eigenvalue weighted by Gasteiger charge is 2.24. The monoisotopic (exact) mass is 221 g/mol. The summed E-state index contributed by atoms with van der Waals surface area (Å²) in [4.78, 5) is 24.7. The molecule has 1 aliphatic rings. The minimum atomic E-state index is -0.289. The van der Waals surface area contributed by atoms with Crippen LogP contribution in [0.4, 0.5) is 0 Å². The minimum absolute atomic E-state index is 0.0940. The number of nitrogens with zero attached hydrogens (tertiary/aromatic N) is 2. The van der Waals surface area contributed by atoms with Gasteiger partial charge in [0.15, 0.2) is 0 Å². The van der Waals surface area contributed by atoms with Gasteiger partial charge in [0.1, 0.15) is 5.69 Å². The summed E-state index contributed by atoms with van der Waals surface area (Å²) in [5.41, 5.74) is 0.0246. The third-order valence-electron chi connectivity index (χ3n) is 2.96. The first kappa shape index (κ1) is 10.9. The summed E-state index contributed by atoms with van der Waals surface area (Å²) in [5.74, 6) is -0.0940. The lowest BCUT2D eigenvalue weighted by Crippen LogP contribution is -2.42. The molecule has 16 heavy (non-hydrogen) atoms. The molecule has 2 heterocycles. The number of carbonyl (C=O) groups is 1. The molecule has 0 bridgehead atoms. The topological polar surface area (TPSA) is 66.1 Å². The van der Waals surface area contributed by atoms with Crippen LogP contribution < -0.4 is 5.56 Å². The Morgan fingerprint density at radius 1 is 1.50 bits per heavy atom. The quantitative estimate of drug-likeness (QED) is 0.762. The highest BCUT2D eigenvalue weighted by molar-refractivity contribution is 5.92. The summed E-state index contributed by atoms with van der Waals surface area (Å²) < 4.78 is 0. The molecule has 0 unspecified atom stereocenters. The van der Waals surface area contributed by atoms with E-state index in [1.54, 1.807) is 0 Å². The van der Waals surface area contributed by atoms with Gasteiger partial charge in [0, 0.05) is 18.7 Å². The average Bonchev–Trinajstić information content (AvgIpc) is 2.30. The molecular formula is C11H15N3O2.